The van der Waals surface area contributed by atoms with Gasteiger partial charge < -0.3 is 15.1 Å². The Hall–Kier alpha value is -0.970. The molecule has 6 heteroatoms. The van der Waals surface area contributed by atoms with Gasteiger partial charge in [-0.05, 0) is 25.7 Å². The first-order chi connectivity index (χ1) is 9.22. The summed E-state index contributed by atoms with van der Waals surface area (Å²) in [6, 6.07) is 0.348. The molecule has 3 amide bonds. The van der Waals surface area contributed by atoms with Gasteiger partial charge in [0, 0.05) is 44.5 Å². The van der Waals surface area contributed by atoms with Crippen molar-refractivity contribution in [1.29, 1.82) is 0 Å². The van der Waals surface area contributed by atoms with Crippen LogP contribution in [0.4, 0.5) is 4.79 Å². The molecule has 0 bridgehead atoms. The average Bonchev–Trinajstić information content (AvgIpc) is 2.85. The molecule has 1 N–H and O–H groups in total. The SMILES string of the molecule is O=C(CCCCCl)N1CCC(N2CCNC2=O)CC1. The van der Waals surface area contributed by atoms with Crippen LogP contribution in [0.25, 0.3) is 0 Å². The van der Waals surface area contributed by atoms with Gasteiger partial charge in [-0.15, -0.1) is 11.6 Å². The summed E-state index contributed by atoms with van der Waals surface area (Å²) in [6.07, 6.45) is 4.17. The van der Waals surface area contributed by atoms with Crippen LogP contribution in [0.2, 0.25) is 0 Å². The lowest BCUT2D eigenvalue weighted by molar-refractivity contribution is -0.132. The van der Waals surface area contributed by atoms with Gasteiger partial charge >= 0.3 is 6.03 Å². The summed E-state index contributed by atoms with van der Waals surface area (Å²) in [4.78, 5) is 27.4. The van der Waals surface area contributed by atoms with E-state index in [1.54, 1.807) is 0 Å². The summed E-state index contributed by atoms with van der Waals surface area (Å²) in [5.41, 5.74) is 0. The summed E-state index contributed by atoms with van der Waals surface area (Å²) >= 11 is 5.61. The van der Waals surface area contributed by atoms with Crippen molar-refractivity contribution >= 4 is 23.5 Å². The molecular formula is C13H22ClN3O2. The Morgan fingerprint density at radius 2 is 2.00 bits per heavy atom. The number of urea groups is 1. The molecule has 2 fully saturated rings. The standard InChI is InChI=1S/C13H22ClN3O2/c14-6-2-1-3-12(18)16-8-4-11(5-9-16)17-10-7-15-13(17)19/h11H,1-10H2,(H,15,19). The molecule has 0 radical (unpaired) electrons. The van der Waals surface area contributed by atoms with E-state index in [1.165, 1.54) is 0 Å². The molecule has 2 rings (SSSR count). The Morgan fingerprint density at radius 3 is 2.58 bits per heavy atom. The topological polar surface area (TPSA) is 52.7 Å². The zero-order valence-electron chi connectivity index (χ0n) is 11.2. The van der Waals surface area contributed by atoms with Crippen molar-refractivity contribution in [3.8, 4) is 0 Å². The first kappa shape index (κ1) is 14.4. The van der Waals surface area contributed by atoms with Crippen molar-refractivity contribution in [2.75, 3.05) is 32.1 Å². The lowest BCUT2D eigenvalue weighted by atomic mass is 10.0. The number of alkyl halides is 1. The number of unbranched alkanes of at least 4 members (excludes halogenated alkanes) is 1. The smallest absolute Gasteiger partial charge is 0.317 e. The van der Waals surface area contributed by atoms with E-state index in [0.717, 1.165) is 51.9 Å². The molecule has 0 aromatic heterocycles. The van der Waals surface area contributed by atoms with Crippen LogP contribution in [0.3, 0.4) is 0 Å². The van der Waals surface area contributed by atoms with E-state index >= 15 is 0 Å². The van der Waals surface area contributed by atoms with Crippen molar-refractivity contribution in [3.63, 3.8) is 0 Å². The summed E-state index contributed by atoms with van der Waals surface area (Å²) in [5, 5.41) is 2.83. The van der Waals surface area contributed by atoms with E-state index in [0.29, 0.717) is 18.3 Å². The number of hydrogen-bond donors (Lipinski definition) is 1. The van der Waals surface area contributed by atoms with Crippen molar-refractivity contribution in [2.24, 2.45) is 0 Å². The fourth-order valence-electron chi connectivity index (χ4n) is 2.79. The highest BCUT2D eigenvalue weighted by molar-refractivity contribution is 6.17. The molecule has 0 atom stereocenters. The molecule has 5 nitrogen and oxygen atoms in total. The normalized spacial score (nSPS) is 20.8. The lowest BCUT2D eigenvalue weighted by Crippen LogP contribution is -2.47. The minimum absolute atomic E-state index is 0.0480. The van der Waals surface area contributed by atoms with Crippen molar-refractivity contribution in [3.05, 3.63) is 0 Å². The number of likely N-dealkylation sites (tertiary alicyclic amines) is 1. The maximum Gasteiger partial charge on any atom is 0.317 e. The Kier molecular flexibility index (Phi) is 5.31. The monoisotopic (exact) mass is 287 g/mol. The van der Waals surface area contributed by atoms with Crippen LogP contribution < -0.4 is 5.32 Å². The quantitative estimate of drug-likeness (QED) is 0.614. The first-order valence-electron chi connectivity index (χ1n) is 7.10. The fourth-order valence-corrected chi connectivity index (χ4v) is 2.98. The van der Waals surface area contributed by atoms with E-state index in [-0.39, 0.29) is 11.9 Å². The Bertz CT molecular complexity index is 330. The van der Waals surface area contributed by atoms with Crippen LogP contribution in [0.1, 0.15) is 32.1 Å². The minimum Gasteiger partial charge on any atom is -0.343 e. The Morgan fingerprint density at radius 1 is 1.26 bits per heavy atom. The van der Waals surface area contributed by atoms with Gasteiger partial charge in [0.2, 0.25) is 5.91 Å². The molecule has 19 heavy (non-hydrogen) atoms. The third-order valence-corrected chi connectivity index (χ3v) is 4.19. The summed E-state index contributed by atoms with van der Waals surface area (Å²) < 4.78 is 0. The van der Waals surface area contributed by atoms with Gasteiger partial charge in [0.1, 0.15) is 0 Å². The molecule has 2 heterocycles. The second-order valence-corrected chi connectivity index (χ2v) is 5.56. The zero-order valence-corrected chi connectivity index (χ0v) is 12.0. The van der Waals surface area contributed by atoms with Gasteiger partial charge in [-0.25, -0.2) is 4.79 Å². The highest BCUT2D eigenvalue weighted by Gasteiger charge is 2.31. The molecule has 0 aliphatic carbocycles. The number of nitrogens with one attached hydrogen (secondary N) is 1. The van der Waals surface area contributed by atoms with Gasteiger partial charge in [-0.3, -0.25) is 4.79 Å². The third kappa shape index (κ3) is 3.75. The number of amides is 3. The molecule has 0 saturated carbocycles. The van der Waals surface area contributed by atoms with Crippen LogP contribution in [-0.2, 0) is 4.79 Å². The van der Waals surface area contributed by atoms with E-state index in [4.69, 9.17) is 11.6 Å². The summed E-state index contributed by atoms with van der Waals surface area (Å²) in [7, 11) is 0. The molecule has 0 aromatic carbocycles. The molecule has 0 spiro atoms. The van der Waals surface area contributed by atoms with Crippen molar-refractivity contribution < 1.29 is 9.59 Å². The Labute approximate surface area is 119 Å². The van der Waals surface area contributed by atoms with Crippen LogP contribution >= 0.6 is 11.6 Å². The zero-order chi connectivity index (χ0) is 13.7. The molecule has 108 valence electrons. The van der Waals surface area contributed by atoms with Gasteiger partial charge in [0.25, 0.3) is 0 Å². The van der Waals surface area contributed by atoms with Gasteiger partial charge in [0.15, 0.2) is 0 Å². The number of rotatable bonds is 5. The van der Waals surface area contributed by atoms with Gasteiger partial charge in [0.05, 0.1) is 0 Å². The number of carbonyl (C=O) groups is 2. The predicted molar refractivity (Wildman–Crippen MR) is 74.3 cm³/mol. The van der Waals surface area contributed by atoms with Crippen LogP contribution in [0, 0.1) is 0 Å². The van der Waals surface area contributed by atoms with Crippen molar-refractivity contribution in [1.82, 2.24) is 15.1 Å². The minimum atomic E-state index is 0.0480. The molecule has 0 unspecified atom stereocenters. The fraction of sp³-hybridized carbons (Fsp3) is 0.846. The first-order valence-corrected chi connectivity index (χ1v) is 7.64. The van der Waals surface area contributed by atoms with Crippen molar-refractivity contribution in [2.45, 2.75) is 38.1 Å². The highest BCUT2D eigenvalue weighted by Crippen LogP contribution is 2.19. The van der Waals surface area contributed by atoms with E-state index in [9.17, 15) is 9.59 Å². The van der Waals surface area contributed by atoms with Crippen LogP contribution in [0.5, 0.6) is 0 Å². The third-order valence-electron chi connectivity index (χ3n) is 3.92. The molecule has 2 aliphatic rings. The number of hydrogen-bond acceptors (Lipinski definition) is 2. The molecule has 0 aromatic rings. The second-order valence-electron chi connectivity index (χ2n) is 5.18. The van der Waals surface area contributed by atoms with E-state index in [1.807, 2.05) is 9.80 Å². The lowest BCUT2D eigenvalue weighted by Gasteiger charge is -2.36. The Balaban J connectivity index is 1.72. The number of piperidine rings is 1. The number of halogens is 1. The number of nitrogens with zero attached hydrogens (tertiary/aromatic N) is 2. The average molecular weight is 288 g/mol. The van der Waals surface area contributed by atoms with E-state index in [2.05, 4.69) is 5.32 Å². The van der Waals surface area contributed by atoms with Gasteiger partial charge in [-0.1, -0.05) is 0 Å². The maximum atomic E-state index is 12.0. The molecular weight excluding hydrogens is 266 g/mol. The van der Waals surface area contributed by atoms with E-state index < -0.39 is 0 Å². The predicted octanol–water partition coefficient (Wildman–Crippen LogP) is 1.41. The largest absolute Gasteiger partial charge is 0.343 e. The van der Waals surface area contributed by atoms with Gasteiger partial charge in [-0.2, -0.15) is 0 Å². The highest BCUT2D eigenvalue weighted by atomic mass is 35.5. The maximum absolute atomic E-state index is 12.0. The summed E-state index contributed by atoms with van der Waals surface area (Å²) in [6.45, 7) is 3.09. The molecule has 2 aliphatic heterocycles. The second kappa shape index (κ2) is 6.98. The van der Waals surface area contributed by atoms with Crippen LogP contribution in [0.15, 0.2) is 0 Å². The van der Waals surface area contributed by atoms with Crippen LogP contribution in [-0.4, -0.2) is 59.8 Å². The molecule has 2 saturated heterocycles. The number of carbonyl (C=O) groups excluding carboxylic acids is 2. The summed E-state index contributed by atoms with van der Waals surface area (Å²) in [5.74, 6) is 0.855.